The molecular weight excluding hydrogens is 368 g/mol. The van der Waals surface area contributed by atoms with E-state index in [-0.39, 0.29) is 18.3 Å². The third-order valence-corrected chi connectivity index (χ3v) is 5.60. The number of methoxy groups -OCH3 is 1. The van der Waals surface area contributed by atoms with Crippen molar-refractivity contribution in [1.82, 2.24) is 0 Å². The van der Waals surface area contributed by atoms with Crippen LogP contribution in [0.4, 0.5) is 0 Å². The highest BCUT2D eigenvalue weighted by atomic mass is 16.8. The maximum absolute atomic E-state index is 6.51. The summed E-state index contributed by atoms with van der Waals surface area (Å²) < 4.78 is 31.2. The molecule has 2 aromatic rings. The molecule has 0 N–H and O–H groups in total. The Morgan fingerprint density at radius 1 is 0.931 bits per heavy atom. The van der Waals surface area contributed by atoms with Crippen LogP contribution >= 0.6 is 0 Å². The van der Waals surface area contributed by atoms with Crippen molar-refractivity contribution in [2.24, 2.45) is 0 Å². The van der Waals surface area contributed by atoms with E-state index in [1.807, 2.05) is 58.0 Å². The lowest BCUT2D eigenvalue weighted by Gasteiger charge is -2.37. The number of hydrogen-bond acceptors (Lipinski definition) is 5. The van der Waals surface area contributed by atoms with Crippen LogP contribution in [0.15, 0.2) is 42.5 Å². The fourth-order valence-electron chi connectivity index (χ4n) is 4.41. The van der Waals surface area contributed by atoms with E-state index in [0.717, 1.165) is 22.4 Å². The van der Waals surface area contributed by atoms with Gasteiger partial charge in [-0.05, 0) is 45.4 Å². The molecule has 0 unspecified atom stereocenters. The average molecular weight is 394 g/mol. The van der Waals surface area contributed by atoms with E-state index in [1.165, 1.54) is 0 Å². The summed E-state index contributed by atoms with van der Waals surface area (Å²) in [4.78, 5) is 0. The predicted octanol–water partition coefficient (Wildman–Crippen LogP) is 5.21. The standard InChI is InChI=1S/C24H26O5/c1-23(2)12-11-15-16(27-23)13-17-18(20(15)25-5)21-22(29-24(3,4)28-21)19(26-17)14-9-7-6-8-10-14/h6-13,19,21-22H,1-5H3/t19-,21+,22-/m1/s1. The normalized spacial score (nSPS) is 27.8. The summed E-state index contributed by atoms with van der Waals surface area (Å²) >= 11 is 0. The van der Waals surface area contributed by atoms with Crippen LogP contribution in [0.3, 0.4) is 0 Å². The molecule has 0 radical (unpaired) electrons. The molecule has 0 aliphatic carbocycles. The SMILES string of the molecule is COc1c2c(cc3c1[C@@H]1OC(C)(C)O[C@@H]1[C@@H](c1ccccc1)O3)OC(C)(C)C=C2. The summed E-state index contributed by atoms with van der Waals surface area (Å²) in [5.74, 6) is 1.45. The van der Waals surface area contributed by atoms with Gasteiger partial charge in [-0.2, -0.15) is 0 Å². The van der Waals surface area contributed by atoms with Gasteiger partial charge in [0.2, 0.25) is 0 Å². The van der Waals surface area contributed by atoms with Crippen LogP contribution in [0.25, 0.3) is 6.08 Å². The number of fused-ring (bicyclic) bond motifs is 4. The maximum atomic E-state index is 6.51. The Kier molecular flexibility index (Phi) is 3.99. The first-order chi connectivity index (χ1) is 13.8. The van der Waals surface area contributed by atoms with Crippen molar-refractivity contribution in [3.8, 4) is 17.2 Å². The Morgan fingerprint density at radius 3 is 2.41 bits per heavy atom. The van der Waals surface area contributed by atoms with Crippen molar-refractivity contribution in [2.75, 3.05) is 7.11 Å². The Bertz CT molecular complexity index is 977. The maximum Gasteiger partial charge on any atom is 0.164 e. The minimum Gasteiger partial charge on any atom is -0.495 e. The van der Waals surface area contributed by atoms with E-state index in [4.69, 9.17) is 23.7 Å². The fourth-order valence-corrected chi connectivity index (χ4v) is 4.41. The number of ether oxygens (including phenoxy) is 5. The van der Waals surface area contributed by atoms with E-state index in [2.05, 4.69) is 18.2 Å². The molecule has 29 heavy (non-hydrogen) atoms. The highest BCUT2D eigenvalue weighted by molar-refractivity contribution is 5.73. The Hall–Kier alpha value is -2.50. The lowest BCUT2D eigenvalue weighted by atomic mass is 9.89. The molecule has 3 heterocycles. The Labute approximate surface area is 171 Å². The van der Waals surface area contributed by atoms with Crippen molar-refractivity contribution < 1.29 is 23.7 Å². The molecule has 0 bridgehead atoms. The molecule has 1 saturated heterocycles. The molecule has 5 nitrogen and oxygen atoms in total. The van der Waals surface area contributed by atoms with E-state index in [0.29, 0.717) is 11.5 Å². The first kappa shape index (κ1) is 18.5. The van der Waals surface area contributed by atoms with Crippen LogP contribution < -0.4 is 14.2 Å². The number of benzene rings is 2. The summed E-state index contributed by atoms with van der Waals surface area (Å²) in [5.41, 5.74) is 2.44. The largest absolute Gasteiger partial charge is 0.495 e. The molecule has 0 saturated carbocycles. The third-order valence-electron chi connectivity index (χ3n) is 5.60. The van der Waals surface area contributed by atoms with Crippen LogP contribution in [0.1, 0.15) is 56.6 Å². The van der Waals surface area contributed by atoms with Gasteiger partial charge in [-0.3, -0.25) is 0 Å². The van der Waals surface area contributed by atoms with E-state index in [9.17, 15) is 0 Å². The zero-order chi connectivity index (χ0) is 20.4. The monoisotopic (exact) mass is 394 g/mol. The Morgan fingerprint density at radius 2 is 1.69 bits per heavy atom. The van der Waals surface area contributed by atoms with Gasteiger partial charge in [0.15, 0.2) is 11.9 Å². The summed E-state index contributed by atoms with van der Waals surface area (Å²) in [7, 11) is 1.67. The van der Waals surface area contributed by atoms with Gasteiger partial charge < -0.3 is 23.7 Å². The zero-order valence-electron chi connectivity index (χ0n) is 17.4. The highest BCUT2D eigenvalue weighted by Gasteiger charge is 2.52. The topological polar surface area (TPSA) is 46.2 Å². The number of hydrogen-bond donors (Lipinski definition) is 0. The van der Waals surface area contributed by atoms with Crippen LogP contribution in [0.5, 0.6) is 17.2 Å². The van der Waals surface area contributed by atoms with Crippen LogP contribution in [0, 0.1) is 0 Å². The molecule has 1 fully saturated rings. The van der Waals surface area contributed by atoms with Crippen LogP contribution in [0.2, 0.25) is 0 Å². The molecular formula is C24H26O5. The molecule has 3 aliphatic rings. The second-order valence-corrected chi connectivity index (χ2v) is 8.74. The molecule has 5 rings (SSSR count). The Balaban J connectivity index is 1.69. The average Bonchev–Trinajstić information content (AvgIpc) is 3.00. The molecule has 2 aromatic carbocycles. The minimum absolute atomic E-state index is 0.281. The van der Waals surface area contributed by atoms with Crippen molar-refractivity contribution in [3.63, 3.8) is 0 Å². The predicted molar refractivity (Wildman–Crippen MR) is 109 cm³/mol. The van der Waals surface area contributed by atoms with Gasteiger partial charge in [-0.1, -0.05) is 30.3 Å². The van der Waals surface area contributed by atoms with Crippen LogP contribution in [-0.4, -0.2) is 24.6 Å². The van der Waals surface area contributed by atoms with Crippen molar-refractivity contribution in [3.05, 3.63) is 59.2 Å². The lowest BCUT2D eigenvalue weighted by molar-refractivity contribution is -0.152. The molecule has 152 valence electrons. The second kappa shape index (κ2) is 6.25. The molecule has 3 atom stereocenters. The highest BCUT2D eigenvalue weighted by Crippen LogP contribution is 2.56. The number of rotatable bonds is 2. The van der Waals surface area contributed by atoms with Crippen molar-refractivity contribution >= 4 is 6.08 Å². The summed E-state index contributed by atoms with van der Waals surface area (Å²) in [6.45, 7) is 7.92. The molecule has 0 spiro atoms. The van der Waals surface area contributed by atoms with E-state index < -0.39 is 11.4 Å². The molecule has 0 aromatic heterocycles. The van der Waals surface area contributed by atoms with Gasteiger partial charge in [0.05, 0.1) is 18.2 Å². The lowest BCUT2D eigenvalue weighted by Crippen LogP contribution is -2.34. The smallest absolute Gasteiger partial charge is 0.164 e. The summed E-state index contributed by atoms with van der Waals surface area (Å²) in [6, 6.07) is 12.1. The first-order valence-corrected chi connectivity index (χ1v) is 9.98. The van der Waals surface area contributed by atoms with Gasteiger partial charge in [0.25, 0.3) is 0 Å². The van der Waals surface area contributed by atoms with Crippen molar-refractivity contribution in [1.29, 1.82) is 0 Å². The van der Waals surface area contributed by atoms with Gasteiger partial charge in [-0.15, -0.1) is 0 Å². The van der Waals surface area contributed by atoms with E-state index in [1.54, 1.807) is 7.11 Å². The zero-order valence-corrected chi connectivity index (χ0v) is 17.4. The van der Waals surface area contributed by atoms with Crippen LogP contribution in [-0.2, 0) is 9.47 Å². The third kappa shape index (κ3) is 3.00. The van der Waals surface area contributed by atoms with E-state index >= 15 is 0 Å². The summed E-state index contributed by atoms with van der Waals surface area (Å²) in [5, 5.41) is 0. The van der Waals surface area contributed by atoms with Gasteiger partial charge in [0, 0.05) is 6.07 Å². The molecule has 0 amide bonds. The first-order valence-electron chi connectivity index (χ1n) is 9.98. The fraction of sp³-hybridized carbons (Fsp3) is 0.417. The molecule has 5 heteroatoms. The second-order valence-electron chi connectivity index (χ2n) is 8.74. The minimum atomic E-state index is -0.720. The quantitative estimate of drug-likeness (QED) is 0.700. The van der Waals surface area contributed by atoms with Gasteiger partial charge >= 0.3 is 0 Å². The van der Waals surface area contributed by atoms with Gasteiger partial charge in [0.1, 0.15) is 35.1 Å². The summed E-state index contributed by atoms with van der Waals surface area (Å²) in [6.07, 6.45) is 3.22. The van der Waals surface area contributed by atoms with Crippen molar-refractivity contribution in [2.45, 2.75) is 57.4 Å². The van der Waals surface area contributed by atoms with Gasteiger partial charge in [-0.25, -0.2) is 0 Å². The molecule has 3 aliphatic heterocycles.